The highest BCUT2D eigenvalue weighted by Gasteiger charge is 2.17. The summed E-state index contributed by atoms with van der Waals surface area (Å²) in [4.78, 5) is 10.4. The van der Waals surface area contributed by atoms with E-state index in [1.165, 1.54) is 17.8 Å². The van der Waals surface area contributed by atoms with E-state index in [2.05, 4.69) is 5.16 Å². The number of rotatable bonds is 3. The summed E-state index contributed by atoms with van der Waals surface area (Å²) in [6.07, 6.45) is 1.86. The molecule has 0 radical (unpaired) electrons. The van der Waals surface area contributed by atoms with Gasteiger partial charge < -0.3 is 4.52 Å². The Morgan fingerprint density at radius 1 is 1.44 bits per heavy atom. The zero-order valence-corrected chi connectivity index (χ0v) is 9.23. The van der Waals surface area contributed by atoms with Crippen molar-refractivity contribution in [3.63, 3.8) is 0 Å². The highest BCUT2D eigenvalue weighted by atomic mass is 32.2. The first-order chi connectivity index (χ1) is 7.72. The van der Waals surface area contributed by atoms with Crippen LogP contribution < -0.4 is 0 Å². The van der Waals surface area contributed by atoms with Gasteiger partial charge in [0.25, 0.3) is 5.69 Å². The number of hydrogen-bond donors (Lipinski definition) is 0. The van der Waals surface area contributed by atoms with Gasteiger partial charge in [-0.2, -0.15) is 0 Å². The smallest absolute Gasteiger partial charge is 0.280 e. The summed E-state index contributed by atoms with van der Waals surface area (Å²) >= 11 is 1.42. The number of nitro groups is 1. The third-order valence-corrected chi connectivity index (χ3v) is 2.67. The molecule has 6 heteroatoms. The SMILES string of the molecule is CSc1cc(-c2ccccc2[N+](=O)[O-])on1. The van der Waals surface area contributed by atoms with Crippen LogP contribution in [-0.2, 0) is 0 Å². The van der Waals surface area contributed by atoms with E-state index < -0.39 is 4.92 Å². The van der Waals surface area contributed by atoms with Crippen molar-refractivity contribution >= 4 is 17.4 Å². The van der Waals surface area contributed by atoms with E-state index >= 15 is 0 Å². The minimum Gasteiger partial charge on any atom is -0.355 e. The van der Waals surface area contributed by atoms with E-state index in [1.807, 2.05) is 6.26 Å². The summed E-state index contributed by atoms with van der Waals surface area (Å²) in [6.45, 7) is 0. The Balaban J connectivity index is 2.50. The normalized spacial score (nSPS) is 10.3. The molecule has 0 unspecified atom stereocenters. The molecule has 0 saturated heterocycles. The van der Waals surface area contributed by atoms with Crippen molar-refractivity contribution in [2.45, 2.75) is 5.03 Å². The van der Waals surface area contributed by atoms with Gasteiger partial charge in [0.2, 0.25) is 0 Å². The summed E-state index contributed by atoms with van der Waals surface area (Å²) in [5.74, 6) is 0.414. The third kappa shape index (κ3) is 1.92. The van der Waals surface area contributed by atoms with E-state index in [0.29, 0.717) is 16.3 Å². The van der Waals surface area contributed by atoms with Gasteiger partial charge in [-0.25, -0.2) is 0 Å². The van der Waals surface area contributed by atoms with Crippen LogP contribution in [0.3, 0.4) is 0 Å². The Labute approximate surface area is 95.6 Å². The lowest BCUT2D eigenvalue weighted by molar-refractivity contribution is -0.384. The first-order valence-electron chi connectivity index (χ1n) is 4.47. The fraction of sp³-hybridized carbons (Fsp3) is 0.100. The first kappa shape index (κ1) is 10.7. The van der Waals surface area contributed by atoms with Crippen LogP contribution in [0.15, 0.2) is 39.9 Å². The third-order valence-electron chi connectivity index (χ3n) is 2.06. The quantitative estimate of drug-likeness (QED) is 0.465. The molecule has 0 aliphatic heterocycles. The molecule has 0 spiro atoms. The summed E-state index contributed by atoms with van der Waals surface area (Å²) in [7, 11) is 0. The Morgan fingerprint density at radius 3 is 2.81 bits per heavy atom. The van der Waals surface area contributed by atoms with Crippen LogP contribution >= 0.6 is 11.8 Å². The van der Waals surface area contributed by atoms with E-state index in [0.717, 1.165) is 0 Å². The minimum atomic E-state index is -0.434. The van der Waals surface area contributed by atoms with E-state index in [1.54, 1.807) is 24.3 Å². The topological polar surface area (TPSA) is 69.2 Å². The molecule has 0 aliphatic rings. The van der Waals surface area contributed by atoms with Crippen molar-refractivity contribution < 1.29 is 9.45 Å². The number of nitro benzene ring substituents is 1. The molecule has 0 bridgehead atoms. The maximum Gasteiger partial charge on any atom is 0.280 e. The number of thioether (sulfide) groups is 1. The van der Waals surface area contributed by atoms with E-state index in [-0.39, 0.29) is 5.69 Å². The molecule has 1 heterocycles. The summed E-state index contributed by atoms with van der Waals surface area (Å²) in [5, 5.41) is 15.3. The average Bonchev–Trinajstić information content (AvgIpc) is 2.77. The molecule has 5 nitrogen and oxygen atoms in total. The molecule has 0 atom stereocenters. The van der Waals surface area contributed by atoms with Gasteiger partial charge in [-0.1, -0.05) is 17.3 Å². The van der Waals surface area contributed by atoms with Gasteiger partial charge in [0.15, 0.2) is 5.76 Å². The Hall–Kier alpha value is -1.82. The molecule has 16 heavy (non-hydrogen) atoms. The summed E-state index contributed by atoms with van der Waals surface area (Å²) in [6, 6.07) is 8.11. The summed E-state index contributed by atoms with van der Waals surface area (Å²) < 4.78 is 5.06. The molecule has 1 aromatic carbocycles. The fourth-order valence-corrected chi connectivity index (χ4v) is 1.66. The predicted molar refractivity (Wildman–Crippen MR) is 60.4 cm³/mol. The van der Waals surface area contributed by atoms with Gasteiger partial charge in [0.1, 0.15) is 5.03 Å². The van der Waals surface area contributed by atoms with Crippen LogP contribution in [0.4, 0.5) is 5.69 Å². The molecule has 0 saturated carbocycles. The van der Waals surface area contributed by atoms with Gasteiger partial charge in [0, 0.05) is 12.1 Å². The predicted octanol–water partition coefficient (Wildman–Crippen LogP) is 2.97. The second kappa shape index (κ2) is 4.36. The Morgan fingerprint density at radius 2 is 2.19 bits per heavy atom. The van der Waals surface area contributed by atoms with Crippen LogP contribution in [0.1, 0.15) is 0 Å². The highest BCUT2D eigenvalue weighted by Crippen LogP contribution is 2.31. The second-order valence-electron chi connectivity index (χ2n) is 3.01. The van der Waals surface area contributed by atoms with Crippen LogP contribution in [0, 0.1) is 10.1 Å². The van der Waals surface area contributed by atoms with Crippen molar-refractivity contribution in [1.82, 2.24) is 5.16 Å². The van der Waals surface area contributed by atoms with Gasteiger partial charge in [-0.3, -0.25) is 10.1 Å². The van der Waals surface area contributed by atoms with Crippen molar-refractivity contribution in [3.05, 3.63) is 40.4 Å². The maximum atomic E-state index is 10.8. The number of aromatic nitrogens is 1. The Kier molecular flexibility index (Phi) is 2.91. The van der Waals surface area contributed by atoms with Crippen molar-refractivity contribution in [2.75, 3.05) is 6.26 Å². The largest absolute Gasteiger partial charge is 0.355 e. The van der Waals surface area contributed by atoms with E-state index in [4.69, 9.17) is 4.52 Å². The van der Waals surface area contributed by atoms with Gasteiger partial charge in [-0.15, -0.1) is 11.8 Å². The zero-order valence-electron chi connectivity index (χ0n) is 8.41. The fourth-order valence-electron chi connectivity index (χ4n) is 1.32. The molecular formula is C10H8N2O3S. The highest BCUT2D eigenvalue weighted by molar-refractivity contribution is 7.98. The molecule has 2 rings (SSSR count). The van der Waals surface area contributed by atoms with E-state index in [9.17, 15) is 10.1 Å². The lowest BCUT2D eigenvalue weighted by atomic mass is 10.1. The van der Waals surface area contributed by atoms with Crippen LogP contribution in [0.2, 0.25) is 0 Å². The molecule has 0 aliphatic carbocycles. The average molecular weight is 236 g/mol. The summed E-state index contributed by atoms with van der Waals surface area (Å²) in [5.41, 5.74) is 0.464. The first-order valence-corrected chi connectivity index (χ1v) is 5.69. The van der Waals surface area contributed by atoms with Gasteiger partial charge in [-0.05, 0) is 12.3 Å². The zero-order chi connectivity index (χ0) is 11.5. The second-order valence-corrected chi connectivity index (χ2v) is 3.83. The number of benzene rings is 1. The lowest BCUT2D eigenvalue weighted by Gasteiger charge is -1.96. The molecule has 0 fully saturated rings. The van der Waals surface area contributed by atoms with Gasteiger partial charge >= 0.3 is 0 Å². The molecule has 82 valence electrons. The number of nitrogens with zero attached hydrogens (tertiary/aromatic N) is 2. The van der Waals surface area contributed by atoms with Crippen LogP contribution in [0.5, 0.6) is 0 Å². The Bertz CT molecular complexity index is 524. The maximum absolute atomic E-state index is 10.8. The monoisotopic (exact) mass is 236 g/mol. The van der Waals surface area contributed by atoms with Crippen molar-refractivity contribution in [1.29, 1.82) is 0 Å². The standard InChI is InChI=1S/C10H8N2O3S/c1-16-10-6-9(15-11-10)7-4-2-3-5-8(7)12(13)14/h2-6H,1H3. The van der Waals surface area contributed by atoms with Crippen molar-refractivity contribution in [2.24, 2.45) is 0 Å². The number of hydrogen-bond acceptors (Lipinski definition) is 5. The molecule has 0 N–H and O–H groups in total. The minimum absolute atomic E-state index is 0.0197. The number of para-hydroxylation sites is 1. The van der Waals surface area contributed by atoms with Crippen LogP contribution in [-0.4, -0.2) is 16.3 Å². The molecular weight excluding hydrogens is 228 g/mol. The lowest BCUT2D eigenvalue weighted by Crippen LogP contribution is -1.90. The molecule has 2 aromatic rings. The molecule has 0 amide bonds. The van der Waals surface area contributed by atoms with Crippen molar-refractivity contribution in [3.8, 4) is 11.3 Å². The van der Waals surface area contributed by atoms with Gasteiger partial charge in [0.05, 0.1) is 10.5 Å². The van der Waals surface area contributed by atoms with Crippen LogP contribution in [0.25, 0.3) is 11.3 Å². The molecule has 1 aromatic heterocycles.